The van der Waals surface area contributed by atoms with Gasteiger partial charge in [-0.3, -0.25) is 0 Å². The number of hydrogen-bond donors (Lipinski definition) is 1. The Labute approximate surface area is 139 Å². The van der Waals surface area contributed by atoms with E-state index in [9.17, 15) is 9.50 Å². The highest BCUT2D eigenvalue weighted by Crippen LogP contribution is 2.36. The van der Waals surface area contributed by atoms with Crippen molar-refractivity contribution in [1.29, 1.82) is 0 Å². The number of aliphatic hydroxyl groups excluding tert-OH is 1. The molecule has 2 aromatic carbocycles. The van der Waals surface area contributed by atoms with E-state index in [4.69, 9.17) is 16.1 Å². The second-order valence-electron chi connectivity index (χ2n) is 4.60. The van der Waals surface area contributed by atoms with Crippen LogP contribution in [0.25, 0.3) is 22.6 Å². The summed E-state index contributed by atoms with van der Waals surface area (Å²) in [7, 11) is 0. The van der Waals surface area contributed by atoms with Crippen LogP contribution in [0.5, 0.6) is 0 Å². The monoisotopic (exact) mass is 381 g/mol. The summed E-state index contributed by atoms with van der Waals surface area (Å²) < 4.78 is 20.0. The maximum atomic E-state index is 14.1. The quantitative estimate of drug-likeness (QED) is 0.689. The third kappa shape index (κ3) is 2.67. The molecular weight excluding hydrogens is 373 g/mol. The minimum Gasteiger partial charge on any atom is -0.391 e. The normalized spacial score (nSPS) is 10.9. The number of halogens is 3. The van der Waals surface area contributed by atoms with Crippen molar-refractivity contribution in [1.82, 2.24) is 5.16 Å². The summed E-state index contributed by atoms with van der Waals surface area (Å²) in [5.41, 5.74) is 1.67. The topological polar surface area (TPSA) is 46.3 Å². The zero-order valence-electron chi connectivity index (χ0n) is 11.2. The minimum atomic E-state index is -0.467. The zero-order valence-corrected chi connectivity index (χ0v) is 13.5. The third-order valence-electron chi connectivity index (χ3n) is 3.25. The Bertz CT molecular complexity index is 835. The van der Waals surface area contributed by atoms with Gasteiger partial charge in [-0.05, 0) is 24.3 Å². The minimum absolute atomic E-state index is 0.197. The fourth-order valence-electron chi connectivity index (χ4n) is 2.21. The average molecular weight is 383 g/mol. The molecule has 0 aliphatic rings. The fraction of sp³-hybridized carbons (Fsp3) is 0.0625. The first-order chi connectivity index (χ1) is 10.6. The molecule has 0 unspecified atom stereocenters. The fourth-order valence-corrected chi connectivity index (χ4v) is 2.76. The molecule has 22 heavy (non-hydrogen) atoms. The largest absolute Gasteiger partial charge is 0.391 e. The van der Waals surface area contributed by atoms with Crippen LogP contribution in [0.2, 0.25) is 5.02 Å². The molecule has 0 aliphatic heterocycles. The van der Waals surface area contributed by atoms with Crippen molar-refractivity contribution in [2.24, 2.45) is 0 Å². The third-order valence-corrected chi connectivity index (χ3v) is 4.07. The molecule has 0 bridgehead atoms. The molecule has 0 radical (unpaired) electrons. The van der Waals surface area contributed by atoms with E-state index in [0.29, 0.717) is 26.3 Å². The molecule has 0 saturated carbocycles. The van der Waals surface area contributed by atoms with Crippen LogP contribution in [0.15, 0.2) is 51.5 Å². The first kappa shape index (κ1) is 15.2. The lowest BCUT2D eigenvalue weighted by atomic mass is 10.0. The summed E-state index contributed by atoms with van der Waals surface area (Å²) >= 11 is 9.35. The van der Waals surface area contributed by atoms with Gasteiger partial charge in [0.15, 0.2) is 5.76 Å². The molecule has 0 saturated heterocycles. The van der Waals surface area contributed by atoms with E-state index < -0.39 is 5.82 Å². The molecule has 3 aromatic rings. The van der Waals surface area contributed by atoms with E-state index in [-0.39, 0.29) is 17.9 Å². The maximum absolute atomic E-state index is 14.1. The van der Waals surface area contributed by atoms with Crippen LogP contribution in [0.3, 0.4) is 0 Å². The van der Waals surface area contributed by atoms with E-state index in [1.165, 1.54) is 6.07 Å². The van der Waals surface area contributed by atoms with E-state index in [1.807, 2.05) is 0 Å². The predicted octanol–water partition coefficient (Wildman–Crippen LogP) is 5.06. The molecule has 1 heterocycles. The Morgan fingerprint density at radius 3 is 2.64 bits per heavy atom. The van der Waals surface area contributed by atoms with Crippen LogP contribution in [0.1, 0.15) is 5.56 Å². The van der Waals surface area contributed by atoms with Crippen molar-refractivity contribution in [3.05, 3.63) is 63.3 Å². The first-order valence-electron chi connectivity index (χ1n) is 6.41. The first-order valence-corrected chi connectivity index (χ1v) is 7.58. The molecule has 0 atom stereocenters. The van der Waals surface area contributed by atoms with Gasteiger partial charge < -0.3 is 9.63 Å². The molecule has 0 fully saturated rings. The van der Waals surface area contributed by atoms with Crippen molar-refractivity contribution >= 4 is 27.5 Å². The molecule has 1 N–H and O–H groups in total. The molecule has 3 nitrogen and oxygen atoms in total. The highest BCUT2D eigenvalue weighted by atomic mass is 79.9. The van der Waals surface area contributed by atoms with E-state index in [0.717, 1.165) is 0 Å². The van der Waals surface area contributed by atoms with Crippen LogP contribution in [0.4, 0.5) is 4.39 Å². The number of hydrogen-bond acceptors (Lipinski definition) is 3. The molecule has 6 heteroatoms. The summed E-state index contributed by atoms with van der Waals surface area (Å²) in [6, 6.07) is 11.7. The van der Waals surface area contributed by atoms with Gasteiger partial charge in [-0.1, -0.05) is 50.9 Å². The molecular formula is C16H10BrClFNO2. The van der Waals surface area contributed by atoms with Gasteiger partial charge in [-0.2, -0.15) is 0 Å². The van der Waals surface area contributed by atoms with E-state index >= 15 is 0 Å². The van der Waals surface area contributed by atoms with Crippen LogP contribution in [-0.2, 0) is 6.61 Å². The number of aliphatic hydroxyl groups is 1. The highest BCUT2D eigenvalue weighted by molar-refractivity contribution is 9.10. The Balaban J connectivity index is 2.18. The van der Waals surface area contributed by atoms with Gasteiger partial charge in [0.25, 0.3) is 0 Å². The maximum Gasteiger partial charge on any atom is 0.175 e. The summed E-state index contributed by atoms with van der Waals surface area (Å²) in [6.07, 6.45) is 0. The Morgan fingerprint density at radius 2 is 1.95 bits per heavy atom. The molecule has 0 spiro atoms. The van der Waals surface area contributed by atoms with Gasteiger partial charge in [0.2, 0.25) is 0 Å². The second-order valence-corrected chi connectivity index (χ2v) is 5.92. The smallest absolute Gasteiger partial charge is 0.175 e. The standard InChI is InChI=1S/C16H10BrClFNO2/c17-9-5-6-11(14(19)7-9)16-12(8-21)15(20-22-16)10-3-1-2-4-13(10)18/h1-7,21H,8H2. The average Bonchev–Trinajstić information content (AvgIpc) is 2.91. The Morgan fingerprint density at radius 1 is 1.18 bits per heavy atom. The summed E-state index contributed by atoms with van der Waals surface area (Å²) in [5.74, 6) is -0.270. The van der Waals surface area contributed by atoms with Gasteiger partial charge in [-0.15, -0.1) is 0 Å². The number of nitrogens with zero attached hydrogens (tertiary/aromatic N) is 1. The zero-order chi connectivity index (χ0) is 15.7. The lowest BCUT2D eigenvalue weighted by Crippen LogP contribution is -1.91. The van der Waals surface area contributed by atoms with Crippen molar-refractivity contribution < 1.29 is 14.0 Å². The van der Waals surface area contributed by atoms with Crippen LogP contribution in [-0.4, -0.2) is 10.3 Å². The lowest BCUT2D eigenvalue weighted by Gasteiger charge is -2.04. The SMILES string of the molecule is OCc1c(-c2ccccc2Cl)noc1-c1ccc(Br)cc1F. The highest BCUT2D eigenvalue weighted by Gasteiger charge is 2.22. The van der Waals surface area contributed by atoms with E-state index in [1.54, 1.807) is 36.4 Å². The number of rotatable bonds is 3. The summed E-state index contributed by atoms with van der Waals surface area (Å²) in [4.78, 5) is 0. The molecule has 0 aliphatic carbocycles. The number of aromatic nitrogens is 1. The van der Waals surface area contributed by atoms with Crippen molar-refractivity contribution in [2.75, 3.05) is 0 Å². The van der Waals surface area contributed by atoms with Gasteiger partial charge >= 0.3 is 0 Å². The van der Waals surface area contributed by atoms with Gasteiger partial charge in [0.05, 0.1) is 22.8 Å². The van der Waals surface area contributed by atoms with Gasteiger partial charge in [0.1, 0.15) is 11.5 Å². The van der Waals surface area contributed by atoms with Crippen LogP contribution < -0.4 is 0 Å². The van der Waals surface area contributed by atoms with Crippen LogP contribution >= 0.6 is 27.5 Å². The van der Waals surface area contributed by atoms with E-state index in [2.05, 4.69) is 21.1 Å². The van der Waals surface area contributed by atoms with Crippen molar-refractivity contribution in [3.63, 3.8) is 0 Å². The van der Waals surface area contributed by atoms with Crippen LogP contribution in [0, 0.1) is 5.82 Å². The summed E-state index contributed by atoms with van der Waals surface area (Å²) in [5, 5.41) is 14.1. The lowest BCUT2D eigenvalue weighted by molar-refractivity contribution is 0.281. The predicted molar refractivity (Wildman–Crippen MR) is 86.0 cm³/mol. The summed E-state index contributed by atoms with van der Waals surface area (Å²) in [6.45, 7) is -0.338. The van der Waals surface area contributed by atoms with Crippen molar-refractivity contribution in [3.8, 4) is 22.6 Å². The van der Waals surface area contributed by atoms with Crippen molar-refractivity contribution in [2.45, 2.75) is 6.61 Å². The molecule has 112 valence electrons. The Hall–Kier alpha value is -1.69. The van der Waals surface area contributed by atoms with Gasteiger partial charge in [0, 0.05) is 10.0 Å². The number of benzene rings is 2. The Kier molecular flexibility index (Phi) is 4.29. The van der Waals surface area contributed by atoms with Gasteiger partial charge in [-0.25, -0.2) is 4.39 Å². The molecule has 0 amide bonds. The molecule has 1 aromatic heterocycles. The second kappa shape index (κ2) is 6.20. The molecule has 3 rings (SSSR count).